The quantitative estimate of drug-likeness (QED) is 0.758. The minimum Gasteiger partial charge on any atom is -0.263 e. The third kappa shape index (κ3) is 2.79. The third-order valence-electron chi connectivity index (χ3n) is 2.25. The predicted octanol–water partition coefficient (Wildman–Crippen LogP) is 4.06. The van der Waals surface area contributed by atoms with Crippen molar-refractivity contribution in [2.45, 2.75) is 11.1 Å². The van der Waals surface area contributed by atoms with Crippen LogP contribution in [0.2, 0.25) is 0 Å². The molecule has 1 aromatic carbocycles. The summed E-state index contributed by atoms with van der Waals surface area (Å²) in [6.07, 6.45) is -1.29. The van der Waals surface area contributed by atoms with Gasteiger partial charge in [0.15, 0.2) is 0 Å². The lowest BCUT2D eigenvalue weighted by atomic mass is 10.0. The molecule has 0 spiro atoms. The van der Waals surface area contributed by atoms with Crippen LogP contribution in [-0.2, 0) is 6.18 Å². The second kappa shape index (κ2) is 4.41. The van der Waals surface area contributed by atoms with Crippen LogP contribution in [-0.4, -0.2) is 4.98 Å². The second-order valence-corrected chi connectivity index (χ2v) is 4.03. The number of aromatic nitrogens is 1. The maximum atomic E-state index is 12.5. The fraction of sp³-hybridized carbons (Fsp3) is 0.0833. The van der Waals surface area contributed by atoms with Gasteiger partial charge in [-0.1, -0.05) is 12.1 Å². The monoisotopic (exact) mass is 255 g/mol. The molecular weight excluding hydrogens is 247 g/mol. The zero-order valence-electron chi connectivity index (χ0n) is 8.57. The van der Waals surface area contributed by atoms with Gasteiger partial charge in [-0.3, -0.25) is 4.98 Å². The van der Waals surface area contributed by atoms with Crippen molar-refractivity contribution in [3.63, 3.8) is 0 Å². The molecule has 0 unspecified atom stereocenters. The Morgan fingerprint density at radius 2 is 1.76 bits per heavy atom. The highest BCUT2D eigenvalue weighted by Crippen LogP contribution is 2.32. The molecule has 1 nitrogen and oxygen atoms in total. The van der Waals surface area contributed by atoms with Crippen molar-refractivity contribution in [2.75, 3.05) is 0 Å². The van der Waals surface area contributed by atoms with Gasteiger partial charge >= 0.3 is 6.18 Å². The SMILES string of the molecule is FC(F)(F)c1cccc(-c2cncc(S)c2)c1. The summed E-state index contributed by atoms with van der Waals surface area (Å²) in [5.74, 6) is 0. The van der Waals surface area contributed by atoms with Gasteiger partial charge < -0.3 is 0 Å². The molecule has 88 valence electrons. The first-order valence-corrected chi connectivity index (χ1v) is 5.23. The fourth-order valence-electron chi connectivity index (χ4n) is 1.46. The molecule has 0 saturated carbocycles. The number of alkyl halides is 3. The molecule has 0 saturated heterocycles. The van der Waals surface area contributed by atoms with Crippen molar-refractivity contribution in [2.24, 2.45) is 0 Å². The minimum absolute atomic E-state index is 0.475. The van der Waals surface area contributed by atoms with E-state index in [0.29, 0.717) is 16.0 Å². The first-order chi connectivity index (χ1) is 7.97. The van der Waals surface area contributed by atoms with Gasteiger partial charge in [-0.05, 0) is 23.8 Å². The van der Waals surface area contributed by atoms with Gasteiger partial charge in [0.2, 0.25) is 0 Å². The van der Waals surface area contributed by atoms with Crippen LogP contribution < -0.4 is 0 Å². The predicted molar refractivity (Wildman–Crippen MR) is 61.9 cm³/mol. The molecule has 1 aromatic heterocycles. The molecular formula is C12H8F3NS. The molecule has 0 aliphatic heterocycles. The van der Waals surface area contributed by atoms with Crippen molar-refractivity contribution >= 4 is 12.6 Å². The Kier molecular flexibility index (Phi) is 3.11. The maximum absolute atomic E-state index is 12.5. The Hall–Kier alpha value is -1.49. The highest BCUT2D eigenvalue weighted by atomic mass is 32.1. The lowest BCUT2D eigenvalue weighted by molar-refractivity contribution is -0.137. The van der Waals surface area contributed by atoms with E-state index in [-0.39, 0.29) is 0 Å². The van der Waals surface area contributed by atoms with Crippen molar-refractivity contribution < 1.29 is 13.2 Å². The van der Waals surface area contributed by atoms with E-state index in [1.54, 1.807) is 12.1 Å². The van der Waals surface area contributed by atoms with E-state index >= 15 is 0 Å². The van der Waals surface area contributed by atoms with Gasteiger partial charge in [-0.2, -0.15) is 13.2 Å². The van der Waals surface area contributed by atoms with Crippen molar-refractivity contribution in [3.8, 4) is 11.1 Å². The summed E-state index contributed by atoms with van der Waals surface area (Å²) >= 11 is 4.10. The van der Waals surface area contributed by atoms with Gasteiger partial charge in [-0.25, -0.2) is 0 Å². The Morgan fingerprint density at radius 1 is 1.00 bits per heavy atom. The average Bonchev–Trinajstić information content (AvgIpc) is 2.28. The smallest absolute Gasteiger partial charge is 0.263 e. The molecule has 5 heteroatoms. The highest BCUT2D eigenvalue weighted by Gasteiger charge is 2.30. The van der Waals surface area contributed by atoms with E-state index in [2.05, 4.69) is 17.6 Å². The number of hydrogen-bond donors (Lipinski definition) is 1. The average molecular weight is 255 g/mol. The number of halogens is 3. The maximum Gasteiger partial charge on any atom is 0.416 e. The molecule has 0 atom stereocenters. The molecule has 0 amide bonds. The summed E-state index contributed by atoms with van der Waals surface area (Å²) in [4.78, 5) is 4.51. The van der Waals surface area contributed by atoms with Gasteiger partial charge in [0.05, 0.1) is 5.56 Å². The van der Waals surface area contributed by atoms with Crippen molar-refractivity contribution in [1.29, 1.82) is 0 Å². The largest absolute Gasteiger partial charge is 0.416 e. The van der Waals surface area contributed by atoms with E-state index in [0.717, 1.165) is 12.1 Å². The number of pyridine rings is 1. The van der Waals surface area contributed by atoms with Gasteiger partial charge in [0.25, 0.3) is 0 Å². The fourth-order valence-corrected chi connectivity index (χ4v) is 1.67. The number of nitrogens with zero attached hydrogens (tertiary/aromatic N) is 1. The lowest BCUT2D eigenvalue weighted by Crippen LogP contribution is -2.04. The summed E-state index contributed by atoms with van der Waals surface area (Å²) in [5, 5.41) is 0. The van der Waals surface area contributed by atoms with Crippen LogP contribution in [0, 0.1) is 0 Å². The van der Waals surface area contributed by atoms with Crippen LogP contribution in [0.1, 0.15) is 5.56 Å². The first kappa shape index (κ1) is 12.0. The highest BCUT2D eigenvalue weighted by molar-refractivity contribution is 7.80. The van der Waals surface area contributed by atoms with E-state index in [9.17, 15) is 13.2 Å². The molecule has 0 radical (unpaired) electrons. The van der Waals surface area contributed by atoms with Crippen LogP contribution in [0.15, 0.2) is 47.6 Å². The number of thiol groups is 1. The van der Waals surface area contributed by atoms with Crippen LogP contribution in [0.25, 0.3) is 11.1 Å². The second-order valence-electron chi connectivity index (χ2n) is 3.51. The molecule has 1 heterocycles. The van der Waals surface area contributed by atoms with E-state index in [1.807, 2.05) is 0 Å². The first-order valence-electron chi connectivity index (χ1n) is 4.78. The molecule has 0 aliphatic carbocycles. The lowest BCUT2D eigenvalue weighted by Gasteiger charge is -2.08. The summed E-state index contributed by atoms with van der Waals surface area (Å²) < 4.78 is 37.6. The Balaban J connectivity index is 2.47. The molecule has 0 aliphatic rings. The van der Waals surface area contributed by atoms with E-state index in [4.69, 9.17) is 0 Å². The number of hydrogen-bond acceptors (Lipinski definition) is 2. The van der Waals surface area contributed by atoms with Crippen LogP contribution in [0.5, 0.6) is 0 Å². The van der Waals surface area contributed by atoms with Gasteiger partial charge in [0.1, 0.15) is 0 Å². The Labute approximate surface area is 102 Å². The molecule has 17 heavy (non-hydrogen) atoms. The molecule has 2 rings (SSSR count). The summed E-state index contributed by atoms with van der Waals surface area (Å²) in [6, 6.07) is 6.81. The summed E-state index contributed by atoms with van der Waals surface area (Å²) in [5.41, 5.74) is 0.423. The normalized spacial score (nSPS) is 11.5. The Bertz CT molecular complexity index is 537. The van der Waals surface area contributed by atoms with E-state index in [1.165, 1.54) is 18.5 Å². The Morgan fingerprint density at radius 3 is 2.41 bits per heavy atom. The van der Waals surface area contributed by atoms with Crippen molar-refractivity contribution in [1.82, 2.24) is 4.98 Å². The molecule has 0 N–H and O–H groups in total. The van der Waals surface area contributed by atoms with Crippen LogP contribution in [0.4, 0.5) is 13.2 Å². The minimum atomic E-state index is -4.33. The number of benzene rings is 1. The zero-order chi connectivity index (χ0) is 12.5. The standard InChI is InChI=1S/C12H8F3NS/c13-12(14,15)10-3-1-2-8(4-10)9-5-11(17)7-16-6-9/h1-7,17H. The molecule has 2 aromatic rings. The van der Waals surface area contributed by atoms with Gasteiger partial charge in [0, 0.05) is 22.9 Å². The molecule has 0 fully saturated rings. The van der Waals surface area contributed by atoms with E-state index < -0.39 is 11.7 Å². The van der Waals surface area contributed by atoms with Crippen molar-refractivity contribution in [3.05, 3.63) is 48.3 Å². The van der Waals surface area contributed by atoms with Crippen LogP contribution in [0.3, 0.4) is 0 Å². The third-order valence-corrected chi connectivity index (χ3v) is 2.49. The number of rotatable bonds is 1. The van der Waals surface area contributed by atoms with Crippen LogP contribution >= 0.6 is 12.6 Å². The molecule has 0 bridgehead atoms. The topological polar surface area (TPSA) is 12.9 Å². The zero-order valence-corrected chi connectivity index (χ0v) is 9.46. The summed E-state index contributed by atoms with van der Waals surface area (Å²) in [6.45, 7) is 0. The van der Waals surface area contributed by atoms with Gasteiger partial charge in [-0.15, -0.1) is 12.6 Å². The summed E-state index contributed by atoms with van der Waals surface area (Å²) in [7, 11) is 0.